The van der Waals surface area contributed by atoms with Crippen molar-refractivity contribution in [2.45, 2.75) is 19.0 Å². The Morgan fingerprint density at radius 1 is 1.18 bits per heavy atom. The standard InChI is InChI=1S/C23H24F2N3O4PS/c1-12(23(24,25)33)9-10-26-21(29)15-11-14(31-3)5-6-16(15)28-22(30)19-18(32-4)8-7-17-20(19)34-13(2)27-17/h5-8,11H,1,9-10,33H2,2-4H3,(H,26,29)(H,28,30). The minimum absolute atomic E-state index is 0.0560. The number of carbonyl (C=O) groups is 2. The van der Waals surface area contributed by atoms with Crippen molar-refractivity contribution in [1.82, 2.24) is 10.3 Å². The average Bonchev–Trinajstić information content (AvgIpc) is 3.17. The lowest BCUT2D eigenvalue weighted by molar-refractivity contribution is 0.0950. The number of benzene rings is 2. The number of hydrogen-bond acceptors (Lipinski definition) is 6. The molecule has 2 N–H and O–H groups in total. The van der Waals surface area contributed by atoms with Gasteiger partial charge in [0.25, 0.3) is 17.5 Å². The first-order valence-corrected chi connectivity index (χ1v) is 11.5. The monoisotopic (exact) mass is 507 g/mol. The third-order valence-electron chi connectivity index (χ3n) is 4.98. The first-order valence-electron chi connectivity index (χ1n) is 10.1. The van der Waals surface area contributed by atoms with Gasteiger partial charge < -0.3 is 20.1 Å². The summed E-state index contributed by atoms with van der Waals surface area (Å²) in [6.45, 7) is 5.12. The van der Waals surface area contributed by atoms with Crippen LogP contribution in [0.2, 0.25) is 0 Å². The quantitative estimate of drug-likeness (QED) is 0.314. The average molecular weight is 507 g/mol. The summed E-state index contributed by atoms with van der Waals surface area (Å²) in [5.74, 6) is -0.291. The highest BCUT2D eigenvalue weighted by atomic mass is 32.1. The molecular weight excluding hydrogens is 483 g/mol. The van der Waals surface area contributed by atoms with E-state index in [1.807, 2.05) is 6.92 Å². The van der Waals surface area contributed by atoms with Gasteiger partial charge in [-0.25, -0.2) is 4.98 Å². The summed E-state index contributed by atoms with van der Waals surface area (Å²) >= 11 is 1.36. The summed E-state index contributed by atoms with van der Waals surface area (Å²) in [5, 5.41) is 6.13. The molecule has 2 aromatic carbocycles. The van der Waals surface area contributed by atoms with Crippen LogP contribution in [-0.4, -0.2) is 43.2 Å². The van der Waals surface area contributed by atoms with Gasteiger partial charge in [0.2, 0.25) is 0 Å². The molecular formula is C23H24F2N3O4PS. The molecule has 0 aliphatic rings. The van der Waals surface area contributed by atoms with E-state index < -0.39 is 17.5 Å². The summed E-state index contributed by atoms with van der Waals surface area (Å²) in [6, 6.07) is 8.02. The molecule has 3 aromatic rings. The lowest BCUT2D eigenvalue weighted by atomic mass is 10.1. The van der Waals surface area contributed by atoms with Crippen molar-refractivity contribution in [3.05, 3.63) is 58.6 Å². The van der Waals surface area contributed by atoms with Crippen molar-refractivity contribution in [3.8, 4) is 11.5 Å². The summed E-state index contributed by atoms with van der Waals surface area (Å²) < 4.78 is 37.8. The second-order valence-corrected chi connectivity index (χ2v) is 9.25. The molecule has 2 amide bonds. The number of hydrogen-bond donors (Lipinski definition) is 2. The molecule has 34 heavy (non-hydrogen) atoms. The van der Waals surface area contributed by atoms with Crippen LogP contribution in [0.25, 0.3) is 10.2 Å². The second-order valence-electron chi connectivity index (χ2n) is 7.32. The zero-order valence-corrected chi connectivity index (χ0v) is 20.8. The van der Waals surface area contributed by atoms with E-state index in [1.54, 1.807) is 18.2 Å². The minimum Gasteiger partial charge on any atom is -0.497 e. The predicted octanol–water partition coefficient (Wildman–Crippen LogP) is 5.02. The summed E-state index contributed by atoms with van der Waals surface area (Å²) in [6.07, 6.45) is -0.113. The molecule has 0 aliphatic heterocycles. The van der Waals surface area contributed by atoms with E-state index >= 15 is 0 Å². The number of carbonyl (C=O) groups excluding carboxylic acids is 2. The van der Waals surface area contributed by atoms with E-state index in [2.05, 4.69) is 22.2 Å². The lowest BCUT2D eigenvalue weighted by Gasteiger charge is -2.16. The largest absolute Gasteiger partial charge is 0.497 e. The molecule has 0 radical (unpaired) electrons. The van der Waals surface area contributed by atoms with Crippen molar-refractivity contribution < 1.29 is 27.8 Å². The van der Waals surface area contributed by atoms with Gasteiger partial charge in [0.1, 0.15) is 17.1 Å². The van der Waals surface area contributed by atoms with Gasteiger partial charge in [-0.3, -0.25) is 9.59 Å². The van der Waals surface area contributed by atoms with Gasteiger partial charge in [0, 0.05) is 6.54 Å². The topological polar surface area (TPSA) is 89.6 Å². The van der Waals surface area contributed by atoms with Crippen LogP contribution in [-0.2, 0) is 0 Å². The number of rotatable bonds is 9. The molecule has 0 saturated heterocycles. The predicted molar refractivity (Wildman–Crippen MR) is 133 cm³/mol. The number of nitrogens with one attached hydrogen (secondary N) is 2. The van der Waals surface area contributed by atoms with Gasteiger partial charge in [0.05, 0.1) is 40.7 Å². The third-order valence-corrected chi connectivity index (χ3v) is 6.39. The Labute approximate surface area is 201 Å². The van der Waals surface area contributed by atoms with Crippen molar-refractivity contribution in [2.75, 3.05) is 26.1 Å². The Morgan fingerprint density at radius 2 is 1.91 bits per heavy atom. The molecule has 0 bridgehead atoms. The van der Waals surface area contributed by atoms with E-state index in [0.29, 0.717) is 27.3 Å². The third kappa shape index (κ3) is 5.69. The molecule has 7 nitrogen and oxygen atoms in total. The van der Waals surface area contributed by atoms with Crippen molar-refractivity contribution in [1.29, 1.82) is 0 Å². The number of aromatic nitrogens is 1. The van der Waals surface area contributed by atoms with Crippen LogP contribution < -0.4 is 20.1 Å². The molecule has 3 rings (SSSR count). The summed E-state index contributed by atoms with van der Waals surface area (Å²) in [7, 11) is 4.32. The summed E-state index contributed by atoms with van der Waals surface area (Å²) in [5.41, 5.74) is -2.15. The van der Waals surface area contributed by atoms with Crippen LogP contribution in [0.15, 0.2) is 42.5 Å². The maximum Gasteiger partial charge on any atom is 0.279 e. The highest BCUT2D eigenvalue weighted by Crippen LogP contribution is 2.34. The fourth-order valence-corrected chi connectivity index (χ4v) is 4.29. The number of thiazole rings is 1. The van der Waals surface area contributed by atoms with E-state index in [0.717, 1.165) is 5.01 Å². The van der Waals surface area contributed by atoms with Crippen molar-refractivity contribution >= 4 is 48.3 Å². The number of ether oxygens (including phenoxy) is 2. The molecule has 0 fully saturated rings. The molecule has 0 aliphatic carbocycles. The van der Waals surface area contributed by atoms with E-state index in [9.17, 15) is 18.4 Å². The molecule has 180 valence electrons. The smallest absolute Gasteiger partial charge is 0.279 e. The molecule has 11 heteroatoms. The zero-order chi connectivity index (χ0) is 25.0. The van der Waals surface area contributed by atoms with Crippen LogP contribution >= 0.6 is 20.6 Å². The fourth-order valence-electron chi connectivity index (χ4n) is 3.19. The first kappa shape index (κ1) is 25.5. The van der Waals surface area contributed by atoms with E-state index in [1.165, 1.54) is 46.9 Å². The lowest BCUT2D eigenvalue weighted by Crippen LogP contribution is -2.27. The van der Waals surface area contributed by atoms with Gasteiger partial charge in [-0.05, 0) is 49.2 Å². The fraction of sp³-hybridized carbons (Fsp3) is 0.261. The normalized spacial score (nSPS) is 11.2. The number of methoxy groups -OCH3 is 2. The Kier molecular flexibility index (Phi) is 7.84. The van der Waals surface area contributed by atoms with Crippen molar-refractivity contribution in [2.24, 2.45) is 0 Å². The SMILES string of the molecule is C=C(CCNC(=O)c1cc(OC)ccc1NC(=O)c1c(OC)ccc2nc(C)sc12)C(F)(F)P. The highest BCUT2D eigenvalue weighted by Gasteiger charge is 2.26. The van der Waals surface area contributed by atoms with Crippen LogP contribution in [0, 0.1) is 6.92 Å². The number of halogens is 2. The van der Waals surface area contributed by atoms with Crippen LogP contribution in [0.1, 0.15) is 32.1 Å². The van der Waals surface area contributed by atoms with E-state index in [4.69, 9.17) is 9.47 Å². The highest BCUT2D eigenvalue weighted by molar-refractivity contribution is 7.19. The number of anilines is 1. The second kappa shape index (κ2) is 10.4. The zero-order valence-electron chi connectivity index (χ0n) is 18.8. The Balaban J connectivity index is 1.88. The number of nitrogens with zero attached hydrogens (tertiary/aromatic N) is 1. The van der Waals surface area contributed by atoms with Gasteiger partial charge in [-0.2, -0.15) is 8.78 Å². The number of fused-ring (bicyclic) bond motifs is 1. The number of aryl methyl sites for hydroxylation is 1. The maximum absolute atomic E-state index is 13.3. The van der Waals surface area contributed by atoms with Gasteiger partial charge in [0.15, 0.2) is 0 Å². The Morgan fingerprint density at radius 3 is 2.56 bits per heavy atom. The van der Waals surface area contributed by atoms with Crippen molar-refractivity contribution in [3.63, 3.8) is 0 Å². The van der Waals surface area contributed by atoms with Crippen LogP contribution in [0.3, 0.4) is 0 Å². The molecule has 0 spiro atoms. The summed E-state index contributed by atoms with van der Waals surface area (Å²) in [4.78, 5) is 30.5. The van der Waals surface area contributed by atoms with E-state index in [-0.39, 0.29) is 29.8 Å². The number of amides is 2. The molecule has 1 heterocycles. The maximum atomic E-state index is 13.3. The Bertz CT molecular complexity index is 1260. The van der Waals surface area contributed by atoms with Crippen LogP contribution in [0.5, 0.6) is 11.5 Å². The van der Waals surface area contributed by atoms with Gasteiger partial charge >= 0.3 is 0 Å². The molecule has 1 atom stereocenters. The van der Waals surface area contributed by atoms with Gasteiger partial charge in [-0.15, -0.1) is 11.3 Å². The molecule has 1 unspecified atom stereocenters. The minimum atomic E-state index is -3.12. The van der Waals surface area contributed by atoms with Gasteiger partial charge in [-0.1, -0.05) is 15.8 Å². The Hall–Kier alpha value is -3.10. The molecule has 0 saturated carbocycles. The molecule has 1 aromatic heterocycles. The first-order chi connectivity index (χ1) is 16.0. The number of alkyl halides is 2. The van der Waals surface area contributed by atoms with Crippen LogP contribution in [0.4, 0.5) is 14.5 Å².